The Morgan fingerprint density at radius 1 is 1.22 bits per heavy atom. The van der Waals surface area contributed by atoms with Crippen LogP contribution >= 0.6 is 23.4 Å². The molecule has 23 heavy (non-hydrogen) atoms. The summed E-state index contributed by atoms with van der Waals surface area (Å²) in [5.74, 6) is 1.72. The first kappa shape index (κ1) is 17.7. The first-order chi connectivity index (χ1) is 11.0. The Hall–Kier alpha value is -1.65. The number of rotatable bonds is 6. The van der Waals surface area contributed by atoms with E-state index in [-0.39, 0.29) is 5.91 Å². The molecule has 3 nitrogen and oxygen atoms in total. The third-order valence-corrected chi connectivity index (χ3v) is 4.65. The zero-order chi connectivity index (χ0) is 16.8. The molecular formula is C18H20ClNO2S. The third-order valence-electron chi connectivity index (χ3n) is 3.43. The van der Waals surface area contributed by atoms with Crippen molar-refractivity contribution in [2.24, 2.45) is 0 Å². The molecule has 0 unspecified atom stereocenters. The number of methoxy groups -OCH3 is 1. The van der Waals surface area contributed by atoms with Crippen molar-refractivity contribution in [3.63, 3.8) is 0 Å². The van der Waals surface area contributed by atoms with E-state index in [9.17, 15) is 4.79 Å². The maximum absolute atomic E-state index is 12.1. The standard InChI is InChI=1S/C18H20ClNO2S/c1-12-4-5-13(2)14(8-12)10-23-11-18(21)20-16-9-15(19)6-7-17(16)22-3/h4-9H,10-11H2,1-3H3,(H,20,21). The summed E-state index contributed by atoms with van der Waals surface area (Å²) in [4.78, 5) is 12.1. The van der Waals surface area contributed by atoms with Crippen LogP contribution in [0.15, 0.2) is 36.4 Å². The molecular weight excluding hydrogens is 330 g/mol. The Bertz CT molecular complexity index is 703. The first-order valence-corrected chi connectivity index (χ1v) is 8.80. The lowest BCUT2D eigenvalue weighted by Crippen LogP contribution is -2.15. The van der Waals surface area contributed by atoms with E-state index in [1.165, 1.54) is 16.7 Å². The Morgan fingerprint density at radius 3 is 2.74 bits per heavy atom. The molecule has 0 saturated carbocycles. The average molecular weight is 350 g/mol. The molecule has 0 fully saturated rings. The fourth-order valence-corrected chi connectivity index (χ4v) is 3.24. The molecule has 1 amide bonds. The van der Waals surface area contributed by atoms with Crippen LogP contribution in [0.5, 0.6) is 5.75 Å². The van der Waals surface area contributed by atoms with Gasteiger partial charge in [0.15, 0.2) is 0 Å². The van der Waals surface area contributed by atoms with Crippen molar-refractivity contribution in [3.8, 4) is 5.75 Å². The van der Waals surface area contributed by atoms with Gasteiger partial charge in [0.25, 0.3) is 0 Å². The van der Waals surface area contributed by atoms with E-state index in [0.29, 0.717) is 22.2 Å². The van der Waals surface area contributed by atoms with Crippen LogP contribution in [-0.4, -0.2) is 18.8 Å². The molecule has 2 aromatic carbocycles. The molecule has 1 N–H and O–H groups in total. The van der Waals surface area contributed by atoms with Gasteiger partial charge in [0.1, 0.15) is 5.75 Å². The number of anilines is 1. The molecule has 0 atom stereocenters. The highest BCUT2D eigenvalue weighted by molar-refractivity contribution is 7.99. The quantitative estimate of drug-likeness (QED) is 0.811. The van der Waals surface area contributed by atoms with Crippen LogP contribution in [0, 0.1) is 13.8 Å². The minimum atomic E-state index is -0.0686. The van der Waals surface area contributed by atoms with Crippen molar-refractivity contribution in [2.75, 3.05) is 18.2 Å². The Balaban J connectivity index is 1.91. The number of carbonyl (C=O) groups excluding carboxylic acids is 1. The van der Waals surface area contributed by atoms with Crippen LogP contribution in [0.3, 0.4) is 0 Å². The summed E-state index contributed by atoms with van der Waals surface area (Å²) in [6.45, 7) is 4.16. The summed E-state index contributed by atoms with van der Waals surface area (Å²) in [6, 6.07) is 11.5. The van der Waals surface area contributed by atoms with Gasteiger partial charge in [-0.05, 0) is 43.2 Å². The van der Waals surface area contributed by atoms with Crippen molar-refractivity contribution >= 4 is 35.0 Å². The monoisotopic (exact) mass is 349 g/mol. The van der Waals surface area contributed by atoms with Crippen LogP contribution in [-0.2, 0) is 10.5 Å². The fraction of sp³-hybridized carbons (Fsp3) is 0.278. The zero-order valence-electron chi connectivity index (χ0n) is 13.5. The number of amides is 1. The number of hydrogen-bond acceptors (Lipinski definition) is 3. The molecule has 122 valence electrons. The van der Waals surface area contributed by atoms with Gasteiger partial charge < -0.3 is 10.1 Å². The van der Waals surface area contributed by atoms with Gasteiger partial charge >= 0.3 is 0 Å². The maximum atomic E-state index is 12.1. The molecule has 0 aliphatic carbocycles. The van der Waals surface area contributed by atoms with Crippen molar-refractivity contribution in [2.45, 2.75) is 19.6 Å². The topological polar surface area (TPSA) is 38.3 Å². The summed E-state index contributed by atoms with van der Waals surface area (Å²) in [5.41, 5.74) is 4.35. The van der Waals surface area contributed by atoms with E-state index in [1.807, 2.05) is 0 Å². The molecule has 0 aliphatic rings. The number of hydrogen-bond donors (Lipinski definition) is 1. The van der Waals surface area contributed by atoms with Crippen molar-refractivity contribution in [1.29, 1.82) is 0 Å². The number of nitrogens with one attached hydrogen (secondary N) is 1. The van der Waals surface area contributed by atoms with Gasteiger partial charge in [-0.2, -0.15) is 0 Å². The number of benzene rings is 2. The SMILES string of the molecule is COc1ccc(Cl)cc1NC(=O)CSCc1cc(C)ccc1C. The van der Waals surface area contributed by atoms with Crippen LogP contribution in [0.4, 0.5) is 5.69 Å². The van der Waals surface area contributed by atoms with Gasteiger partial charge in [0.2, 0.25) is 5.91 Å². The molecule has 0 aromatic heterocycles. The highest BCUT2D eigenvalue weighted by Crippen LogP contribution is 2.28. The van der Waals surface area contributed by atoms with Crippen molar-refractivity contribution in [3.05, 3.63) is 58.1 Å². The summed E-state index contributed by atoms with van der Waals surface area (Å²) < 4.78 is 5.22. The first-order valence-electron chi connectivity index (χ1n) is 7.27. The molecule has 0 saturated heterocycles. The van der Waals surface area contributed by atoms with Crippen molar-refractivity contribution < 1.29 is 9.53 Å². The van der Waals surface area contributed by atoms with E-state index in [0.717, 1.165) is 5.75 Å². The van der Waals surface area contributed by atoms with Gasteiger partial charge in [0.05, 0.1) is 18.6 Å². The minimum Gasteiger partial charge on any atom is -0.495 e. The number of carbonyl (C=O) groups is 1. The van der Waals surface area contributed by atoms with E-state index < -0.39 is 0 Å². The molecule has 2 rings (SSSR count). The predicted molar refractivity (Wildman–Crippen MR) is 98.7 cm³/mol. The lowest BCUT2D eigenvalue weighted by atomic mass is 10.1. The van der Waals surface area contributed by atoms with Gasteiger partial charge in [0, 0.05) is 10.8 Å². The summed E-state index contributed by atoms with van der Waals surface area (Å²) in [7, 11) is 1.56. The van der Waals surface area contributed by atoms with Gasteiger partial charge in [-0.25, -0.2) is 0 Å². The average Bonchev–Trinajstić information content (AvgIpc) is 2.51. The molecule has 0 spiro atoms. The summed E-state index contributed by atoms with van der Waals surface area (Å²) >= 11 is 7.55. The largest absolute Gasteiger partial charge is 0.495 e. The number of ether oxygens (including phenoxy) is 1. The van der Waals surface area contributed by atoms with E-state index in [1.54, 1.807) is 37.1 Å². The second-order valence-electron chi connectivity index (χ2n) is 5.32. The lowest BCUT2D eigenvalue weighted by Gasteiger charge is -2.11. The zero-order valence-corrected chi connectivity index (χ0v) is 15.1. The summed E-state index contributed by atoms with van der Waals surface area (Å²) in [5, 5.41) is 3.40. The van der Waals surface area contributed by atoms with E-state index in [4.69, 9.17) is 16.3 Å². The molecule has 0 aliphatic heterocycles. The van der Waals surface area contributed by atoms with Crippen LogP contribution in [0.1, 0.15) is 16.7 Å². The van der Waals surface area contributed by atoms with Crippen molar-refractivity contribution in [1.82, 2.24) is 0 Å². The highest BCUT2D eigenvalue weighted by atomic mass is 35.5. The van der Waals surface area contributed by atoms with E-state index >= 15 is 0 Å². The second-order valence-corrected chi connectivity index (χ2v) is 6.74. The van der Waals surface area contributed by atoms with Crippen LogP contribution in [0.2, 0.25) is 5.02 Å². The minimum absolute atomic E-state index is 0.0686. The van der Waals surface area contributed by atoms with Gasteiger partial charge in [-0.15, -0.1) is 11.8 Å². The fourth-order valence-electron chi connectivity index (χ4n) is 2.17. The number of thioether (sulfide) groups is 1. The Kier molecular flexibility index (Phi) is 6.37. The number of halogens is 1. The molecule has 0 heterocycles. The Morgan fingerprint density at radius 2 is 2.00 bits per heavy atom. The smallest absolute Gasteiger partial charge is 0.234 e. The Labute approximate surface area is 146 Å². The lowest BCUT2D eigenvalue weighted by molar-refractivity contribution is -0.113. The predicted octanol–water partition coefficient (Wildman–Crippen LogP) is 4.84. The van der Waals surface area contributed by atoms with Crippen LogP contribution in [0.25, 0.3) is 0 Å². The normalized spacial score (nSPS) is 10.4. The molecule has 0 radical (unpaired) electrons. The molecule has 2 aromatic rings. The van der Waals surface area contributed by atoms with E-state index in [2.05, 4.69) is 37.4 Å². The highest BCUT2D eigenvalue weighted by Gasteiger charge is 2.09. The third kappa shape index (κ3) is 5.19. The maximum Gasteiger partial charge on any atom is 0.234 e. The second kappa shape index (κ2) is 8.27. The molecule has 0 bridgehead atoms. The summed E-state index contributed by atoms with van der Waals surface area (Å²) in [6.07, 6.45) is 0. The van der Waals surface area contributed by atoms with Gasteiger partial charge in [-0.1, -0.05) is 35.4 Å². The van der Waals surface area contributed by atoms with Crippen LogP contribution < -0.4 is 10.1 Å². The number of aryl methyl sites for hydroxylation is 2. The molecule has 5 heteroatoms. The van der Waals surface area contributed by atoms with Gasteiger partial charge in [-0.3, -0.25) is 4.79 Å².